The van der Waals surface area contributed by atoms with Crippen molar-refractivity contribution in [2.24, 2.45) is 0 Å². The maximum Gasteiger partial charge on any atom is 0.295 e. The van der Waals surface area contributed by atoms with Gasteiger partial charge in [-0.25, -0.2) is 9.97 Å². The first-order chi connectivity index (χ1) is 20.3. The molecule has 1 atom stereocenters. The van der Waals surface area contributed by atoms with Gasteiger partial charge in [0.15, 0.2) is 17.3 Å². The van der Waals surface area contributed by atoms with Crippen molar-refractivity contribution in [2.45, 2.75) is 59.5 Å². The van der Waals surface area contributed by atoms with E-state index in [4.69, 9.17) is 9.47 Å². The molecule has 1 aliphatic heterocycles. The number of Topliss-reactive ketones (excluding diaryl/α,β-unsaturated/α-hetero) is 1. The number of hydrogen-bond acceptors (Lipinski definition) is 7. The molecule has 0 bridgehead atoms. The molecule has 1 aromatic carbocycles. The highest BCUT2D eigenvalue weighted by atomic mass is 16.5. The first-order valence-corrected chi connectivity index (χ1v) is 14.4. The molecule has 1 saturated heterocycles. The van der Waals surface area contributed by atoms with E-state index in [1.54, 1.807) is 24.7 Å². The van der Waals surface area contributed by atoms with E-state index >= 15 is 0 Å². The Morgan fingerprint density at radius 3 is 2.57 bits per heavy atom. The number of aromatic nitrogens is 4. The second-order valence-corrected chi connectivity index (χ2v) is 10.4. The second-order valence-electron chi connectivity index (χ2n) is 10.4. The highest BCUT2D eigenvalue weighted by Gasteiger charge is 2.46. The summed E-state index contributed by atoms with van der Waals surface area (Å²) in [6, 6.07) is 8.45. The molecule has 220 valence electrons. The summed E-state index contributed by atoms with van der Waals surface area (Å²) in [6.45, 7) is 9.63. The number of rotatable bonds is 12. The summed E-state index contributed by atoms with van der Waals surface area (Å²) in [7, 11) is 0. The lowest BCUT2D eigenvalue weighted by Crippen LogP contribution is -2.31. The van der Waals surface area contributed by atoms with Gasteiger partial charge in [0.1, 0.15) is 11.3 Å². The van der Waals surface area contributed by atoms with Gasteiger partial charge in [0.2, 0.25) is 0 Å². The van der Waals surface area contributed by atoms with E-state index in [9.17, 15) is 14.7 Å². The van der Waals surface area contributed by atoms with Gasteiger partial charge < -0.3 is 28.4 Å². The van der Waals surface area contributed by atoms with Gasteiger partial charge in [-0.05, 0) is 62.9 Å². The molecule has 1 N–H and O–H groups in total. The van der Waals surface area contributed by atoms with Gasteiger partial charge in [0.05, 0.1) is 36.8 Å². The van der Waals surface area contributed by atoms with E-state index in [0.717, 1.165) is 18.4 Å². The van der Waals surface area contributed by atoms with Gasteiger partial charge in [-0.1, -0.05) is 25.5 Å². The molecule has 42 heavy (non-hydrogen) atoms. The molecule has 3 aromatic heterocycles. The lowest BCUT2D eigenvalue weighted by Gasteiger charge is -2.26. The van der Waals surface area contributed by atoms with E-state index in [-0.39, 0.29) is 17.0 Å². The fraction of sp³-hybridized carbons (Fsp3) is 0.375. The number of benzene rings is 1. The van der Waals surface area contributed by atoms with Crippen molar-refractivity contribution in [3.63, 3.8) is 0 Å². The summed E-state index contributed by atoms with van der Waals surface area (Å²) in [5, 5.41) is 11.7. The molecule has 0 spiro atoms. The van der Waals surface area contributed by atoms with Crippen LogP contribution in [0.4, 0.5) is 0 Å². The van der Waals surface area contributed by atoms with Crippen molar-refractivity contribution in [1.29, 1.82) is 0 Å². The number of aryl methyl sites for hydroxylation is 3. The normalized spacial score (nSPS) is 16.5. The lowest BCUT2D eigenvalue weighted by molar-refractivity contribution is -0.139. The molecule has 1 unspecified atom stereocenters. The zero-order valence-corrected chi connectivity index (χ0v) is 24.5. The van der Waals surface area contributed by atoms with Crippen LogP contribution < -0.4 is 9.47 Å². The van der Waals surface area contributed by atoms with Crippen molar-refractivity contribution >= 4 is 23.1 Å². The van der Waals surface area contributed by atoms with E-state index < -0.39 is 17.7 Å². The molecule has 4 heterocycles. The number of fused-ring (bicyclic) bond motifs is 1. The monoisotopic (exact) mass is 571 g/mol. The lowest BCUT2D eigenvalue weighted by atomic mass is 9.96. The van der Waals surface area contributed by atoms with Gasteiger partial charge in [0.25, 0.3) is 11.7 Å². The van der Waals surface area contributed by atoms with E-state index in [1.807, 2.05) is 60.3 Å². The maximum absolute atomic E-state index is 13.6. The van der Waals surface area contributed by atoms with Crippen molar-refractivity contribution in [3.8, 4) is 11.5 Å². The molecule has 0 aliphatic carbocycles. The summed E-state index contributed by atoms with van der Waals surface area (Å²) in [5.74, 6) is -0.578. The van der Waals surface area contributed by atoms with Crippen LogP contribution in [0.15, 0.2) is 60.8 Å². The Labute approximate surface area is 245 Å². The van der Waals surface area contributed by atoms with Crippen molar-refractivity contribution in [3.05, 3.63) is 83.3 Å². The van der Waals surface area contributed by atoms with Crippen molar-refractivity contribution < 1.29 is 24.2 Å². The number of imidazole rings is 2. The zero-order valence-electron chi connectivity index (χ0n) is 24.5. The molecule has 1 fully saturated rings. The standard InChI is InChI=1S/C32H37N5O5/c1-5-7-18-42-24-12-11-23(19-25(24)41-6-2)28-26(29(38)27-22(4)36-15-8-10-21(3)31(36)34-27)30(39)32(40)37(28)16-9-14-35-17-13-33-20-35/h8,10-13,15,17,19-20,28,38H,5-7,9,14,16,18H2,1-4H3/b29-26+. The minimum atomic E-state index is -0.831. The van der Waals surface area contributed by atoms with Crippen LogP contribution in [0.2, 0.25) is 0 Å². The number of ether oxygens (including phenoxy) is 2. The Bertz CT molecular complexity index is 1620. The highest BCUT2D eigenvalue weighted by molar-refractivity contribution is 6.46. The van der Waals surface area contributed by atoms with Crippen molar-refractivity contribution in [2.75, 3.05) is 19.8 Å². The number of carbonyl (C=O) groups is 2. The fourth-order valence-electron chi connectivity index (χ4n) is 5.38. The van der Waals surface area contributed by atoms with Gasteiger partial charge in [-0.3, -0.25) is 9.59 Å². The molecule has 0 radical (unpaired) electrons. The third kappa shape index (κ3) is 5.48. The Hall–Kier alpha value is -4.60. The third-order valence-corrected chi connectivity index (χ3v) is 7.56. The topological polar surface area (TPSA) is 111 Å². The van der Waals surface area contributed by atoms with Crippen LogP contribution in [0.5, 0.6) is 11.5 Å². The molecule has 0 saturated carbocycles. The number of likely N-dealkylation sites (tertiary alicyclic amines) is 1. The van der Waals surface area contributed by atoms with Crippen LogP contribution >= 0.6 is 0 Å². The molecule has 5 rings (SSSR count). The summed E-state index contributed by atoms with van der Waals surface area (Å²) in [5.41, 5.74) is 3.20. The number of hydrogen-bond donors (Lipinski definition) is 1. The molecule has 10 heteroatoms. The average molecular weight is 572 g/mol. The number of ketones is 1. The summed E-state index contributed by atoms with van der Waals surface area (Å²) in [6.07, 6.45) is 9.61. The van der Waals surface area contributed by atoms with Crippen molar-refractivity contribution in [1.82, 2.24) is 23.8 Å². The molecular weight excluding hydrogens is 534 g/mol. The average Bonchev–Trinajstić information content (AvgIpc) is 3.68. The number of unbranched alkanes of at least 4 members (excludes halogenated alkanes) is 1. The van der Waals surface area contributed by atoms with Gasteiger partial charge in [0, 0.05) is 31.7 Å². The van der Waals surface area contributed by atoms with Crippen LogP contribution in [0.1, 0.15) is 61.7 Å². The van der Waals surface area contributed by atoms with E-state index in [0.29, 0.717) is 61.1 Å². The SMILES string of the molecule is CCCCOc1ccc(C2/C(=C(\O)c3nc4c(C)cccn4c3C)C(=O)C(=O)N2CCCn2ccnc2)cc1OCC. The van der Waals surface area contributed by atoms with E-state index in [2.05, 4.69) is 16.9 Å². The molecule has 1 aliphatic rings. The first kappa shape index (κ1) is 28.9. The van der Waals surface area contributed by atoms with Crippen LogP contribution in [-0.4, -0.2) is 60.4 Å². The van der Waals surface area contributed by atoms with Crippen LogP contribution in [0.3, 0.4) is 0 Å². The smallest absolute Gasteiger partial charge is 0.295 e. The van der Waals surface area contributed by atoms with Gasteiger partial charge >= 0.3 is 0 Å². The van der Waals surface area contributed by atoms with Crippen LogP contribution in [0.25, 0.3) is 11.4 Å². The molecular formula is C32H37N5O5. The molecule has 1 amide bonds. The van der Waals surface area contributed by atoms with Gasteiger partial charge in [-0.2, -0.15) is 0 Å². The maximum atomic E-state index is 13.6. The van der Waals surface area contributed by atoms with Crippen LogP contribution in [-0.2, 0) is 16.1 Å². The Kier molecular flexibility index (Phi) is 8.61. The van der Waals surface area contributed by atoms with Crippen LogP contribution in [0, 0.1) is 13.8 Å². The minimum absolute atomic E-state index is 0.00823. The van der Waals surface area contributed by atoms with Gasteiger partial charge in [-0.15, -0.1) is 0 Å². The Balaban J connectivity index is 1.60. The number of aliphatic hydroxyl groups excluding tert-OH is 1. The number of carbonyl (C=O) groups excluding carboxylic acids is 2. The quantitative estimate of drug-likeness (QED) is 0.107. The number of pyridine rings is 1. The minimum Gasteiger partial charge on any atom is -0.505 e. The Morgan fingerprint density at radius 1 is 1.02 bits per heavy atom. The first-order valence-electron chi connectivity index (χ1n) is 14.4. The molecule has 10 nitrogen and oxygen atoms in total. The predicted molar refractivity (Wildman–Crippen MR) is 159 cm³/mol. The molecule has 4 aromatic rings. The fourth-order valence-corrected chi connectivity index (χ4v) is 5.38. The Morgan fingerprint density at radius 2 is 1.86 bits per heavy atom. The number of aliphatic hydroxyl groups is 1. The number of amides is 1. The largest absolute Gasteiger partial charge is 0.505 e. The zero-order chi connectivity index (χ0) is 29.8. The summed E-state index contributed by atoms with van der Waals surface area (Å²) < 4.78 is 15.7. The number of nitrogens with zero attached hydrogens (tertiary/aromatic N) is 5. The summed E-state index contributed by atoms with van der Waals surface area (Å²) >= 11 is 0. The highest BCUT2D eigenvalue weighted by Crippen LogP contribution is 2.42. The predicted octanol–water partition coefficient (Wildman–Crippen LogP) is 5.24. The summed E-state index contributed by atoms with van der Waals surface area (Å²) in [4.78, 5) is 37.5. The second kappa shape index (κ2) is 12.5. The van der Waals surface area contributed by atoms with E-state index in [1.165, 1.54) is 4.90 Å². The third-order valence-electron chi connectivity index (χ3n) is 7.56.